The van der Waals surface area contributed by atoms with Crippen LogP contribution in [-0.2, 0) is 0 Å². The summed E-state index contributed by atoms with van der Waals surface area (Å²) in [6.45, 7) is 4.24. The van der Waals surface area contributed by atoms with Crippen molar-refractivity contribution >= 4 is 0 Å². The van der Waals surface area contributed by atoms with Crippen molar-refractivity contribution in [3.63, 3.8) is 0 Å². The highest BCUT2D eigenvalue weighted by atomic mass is 14.8. The summed E-state index contributed by atoms with van der Waals surface area (Å²) in [7, 11) is 0. The van der Waals surface area contributed by atoms with Gasteiger partial charge in [0, 0.05) is 13.1 Å². The summed E-state index contributed by atoms with van der Waals surface area (Å²) in [5.41, 5.74) is 0. The molecule has 0 heterocycles. The summed E-state index contributed by atoms with van der Waals surface area (Å²) >= 11 is 0. The molecule has 1 radical (unpaired) electrons. The normalized spacial score (nSPS) is 20.1. The van der Waals surface area contributed by atoms with E-state index < -0.39 is 0 Å². The Morgan fingerprint density at radius 2 is 2.00 bits per heavy atom. The molecule has 0 atom stereocenters. The SMILES string of the molecule is CC[N]CCC1CCCC1. The minimum Gasteiger partial charge on any atom is -0.242 e. The summed E-state index contributed by atoms with van der Waals surface area (Å²) < 4.78 is 0. The second-order valence-electron chi connectivity index (χ2n) is 3.20. The standard InChI is InChI=1S/C9H18N/c1-2-10-8-7-9-5-3-4-6-9/h9H,2-8H2,1H3. The highest BCUT2D eigenvalue weighted by Gasteiger charge is 2.13. The van der Waals surface area contributed by atoms with Crippen molar-refractivity contribution < 1.29 is 0 Å². The average molecular weight is 140 g/mol. The Morgan fingerprint density at radius 3 is 2.60 bits per heavy atom. The molecule has 0 saturated heterocycles. The molecule has 0 aromatic carbocycles. The van der Waals surface area contributed by atoms with Gasteiger partial charge in [-0.2, -0.15) is 0 Å². The molecule has 1 nitrogen and oxygen atoms in total. The molecule has 10 heavy (non-hydrogen) atoms. The summed E-state index contributed by atoms with van der Waals surface area (Å²) in [5.74, 6) is 1.02. The topological polar surface area (TPSA) is 14.1 Å². The molecule has 1 rings (SSSR count). The first-order chi connectivity index (χ1) is 4.93. The van der Waals surface area contributed by atoms with Gasteiger partial charge in [0.05, 0.1) is 0 Å². The van der Waals surface area contributed by atoms with Crippen LogP contribution in [0.15, 0.2) is 0 Å². The van der Waals surface area contributed by atoms with Crippen molar-refractivity contribution in [3.05, 3.63) is 0 Å². The van der Waals surface area contributed by atoms with Gasteiger partial charge in [-0.3, -0.25) is 0 Å². The van der Waals surface area contributed by atoms with E-state index in [1.165, 1.54) is 32.1 Å². The zero-order valence-corrected chi connectivity index (χ0v) is 6.97. The predicted molar refractivity (Wildman–Crippen MR) is 44.1 cm³/mol. The Balaban J connectivity index is 1.91. The van der Waals surface area contributed by atoms with Crippen molar-refractivity contribution in [2.24, 2.45) is 5.92 Å². The van der Waals surface area contributed by atoms with Crippen LogP contribution in [0.3, 0.4) is 0 Å². The van der Waals surface area contributed by atoms with Gasteiger partial charge in [0.15, 0.2) is 0 Å². The highest BCUT2D eigenvalue weighted by Crippen LogP contribution is 2.26. The zero-order valence-electron chi connectivity index (χ0n) is 6.97. The molecule has 1 fully saturated rings. The van der Waals surface area contributed by atoms with Crippen molar-refractivity contribution in [3.8, 4) is 0 Å². The van der Waals surface area contributed by atoms with Crippen LogP contribution in [0.25, 0.3) is 0 Å². The van der Waals surface area contributed by atoms with Gasteiger partial charge >= 0.3 is 0 Å². The molecule has 0 aliphatic heterocycles. The lowest BCUT2D eigenvalue weighted by Crippen LogP contribution is -2.09. The van der Waals surface area contributed by atoms with Gasteiger partial charge in [-0.25, -0.2) is 5.32 Å². The van der Waals surface area contributed by atoms with E-state index in [4.69, 9.17) is 0 Å². The predicted octanol–water partition coefficient (Wildman–Crippen LogP) is 2.19. The van der Waals surface area contributed by atoms with E-state index in [1.807, 2.05) is 0 Å². The van der Waals surface area contributed by atoms with Gasteiger partial charge in [-0.05, 0) is 12.3 Å². The third kappa shape index (κ3) is 2.70. The van der Waals surface area contributed by atoms with Crippen molar-refractivity contribution in [2.45, 2.75) is 39.0 Å². The van der Waals surface area contributed by atoms with Crippen molar-refractivity contribution in [1.29, 1.82) is 0 Å². The fourth-order valence-corrected chi connectivity index (χ4v) is 1.73. The van der Waals surface area contributed by atoms with Crippen LogP contribution in [0.5, 0.6) is 0 Å². The Bertz CT molecular complexity index is 74.8. The van der Waals surface area contributed by atoms with Crippen molar-refractivity contribution in [1.82, 2.24) is 5.32 Å². The average Bonchev–Trinajstić information content (AvgIpc) is 2.41. The van der Waals surface area contributed by atoms with Gasteiger partial charge in [0.25, 0.3) is 0 Å². The Kier molecular flexibility index (Phi) is 3.81. The Morgan fingerprint density at radius 1 is 1.30 bits per heavy atom. The van der Waals surface area contributed by atoms with Crippen LogP contribution in [0.4, 0.5) is 0 Å². The van der Waals surface area contributed by atoms with E-state index in [1.54, 1.807) is 0 Å². The van der Waals surface area contributed by atoms with Gasteiger partial charge in [0.1, 0.15) is 0 Å². The van der Waals surface area contributed by atoms with Gasteiger partial charge in [0.2, 0.25) is 0 Å². The molecule has 1 aliphatic rings. The number of hydrogen-bond donors (Lipinski definition) is 0. The van der Waals surface area contributed by atoms with E-state index in [2.05, 4.69) is 12.2 Å². The minimum absolute atomic E-state index is 1.01. The maximum atomic E-state index is 4.34. The lowest BCUT2D eigenvalue weighted by atomic mass is 10.0. The summed E-state index contributed by atoms with van der Waals surface area (Å²) in [6.07, 6.45) is 7.24. The summed E-state index contributed by atoms with van der Waals surface area (Å²) in [5, 5.41) is 4.34. The second kappa shape index (κ2) is 4.73. The molecular formula is C9H18N. The number of hydrogen-bond acceptors (Lipinski definition) is 0. The molecule has 0 spiro atoms. The van der Waals surface area contributed by atoms with E-state index in [0.717, 1.165) is 19.0 Å². The first-order valence-corrected chi connectivity index (χ1v) is 4.56. The molecule has 0 bridgehead atoms. The van der Waals surface area contributed by atoms with Crippen LogP contribution in [0, 0.1) is 5.92 Å². The van der Waals surface area contributed by atoms with Crippen LogP contribution in [0.2, 0.25) is 0 Å². The van der Waals surface area contributed by atoms with Gasteiger partial charge in [-0.1, -0.05) is 32.6 Å². The summed E-state index contributed by atoms with van der Waals surface area (Å²) in [6, 6.07) is 0. The monoisotopic (exact) mass is 140 g/mol. The third-order valence-corrected chi connectivity index (χ3v) is 2.39. The fraction of sp³-hybridized carbons (Fsp3) is 1.00. The zero-order chi connectivity index (χ0) is 7.23. The van der Waals surface area contributed by atoms with Crippen LogP contribution < -0.4 is 5.32 Å². The first kappa shape index (κ1) is 8.06. The Hall–Kier alpha value is -0.0400. The largest absolute Gasteiger partial charge is 0.242 e. The lowest BCUT2D eigenvalue weighted by molar-refractivity contribution is 0.479. The lowest BCUT2D eigenvalue weighted by Gasteiger charge is -2.06. The van der Waals surface area contributed by atoms with E-state index in [0.29, 0.717) is 0 Å². The maximum Gasteiger partial charge on any atom is 0.0135 e. The van der Waals surface area contributed by atoms with Gasteiger partial charge in [-0.15, -0.1) is 0 Å². The van der Waals surface area contributed by atoms with Crippen molar-refractivity contribution in [2.75, 3.05) is 13.1 Å². The number of nitrogens with zero attached hydrogens (tertiary/aromatic N) is 1. The molecule has 59 valence electrons. The maximum absolute atomic E-state index is 4.34. The van der Waals surface area contributed by atoms with E-state index in [-0.39, 0.29) is 0 Å². The molecule has 0 unspecified atom stereocenters. The molecular weight excluding hydrogens is 122 g/mol. The first-order valence-electron chi connectivity index (χ1n) is 4.56. The summed E-state index contributed by atoms with van der Waals surface area (Å²) in [4.78, 5) is 0. The minimum atomic E-state index is 1.01. The third-order valence-electron chi connectivity index (χ3n) is 2.39. The molecule has 1 aliphatic carbocycles. The molecule has 0 amide bonds. The van der Waals surface area contributed by atoms with Crippen LogP contribution >= 0.6 is 0 Å². The van der Waals surface area contributed by atoms with Gasteiger partial charge < -0.3 is 0 Å². The highest BCUT2D eigenvalue weighted by molar-refractivity contribution is 4.67. The van der Waals surface area contributed by atoms with E-state index >= 15 is 0 Å². The van der Waals surface area contributed by atoms with Crippen LogP contribution in [0.1, 0.15) is 39.0 Å². The number of rotatable bonds is 4. The molecule has 0 N–H and O–H groups in total. The molecule has 1 saturated carbocycles. The van der Waals surface area contributed by atoms with E-state index in [9.17, 15) is 0 Å². The second-order valence-corrected chi connectivity index (χ2v) is 3.20. The molecule has 0 aromatic rings. The van der Waals surface area contributed by atoms with Crippen LogP contribution in [-0.4, -0.2) is 13.1 Å². The fourth-order valence-electron chi connectivity index (χ4n) is 1.73. The Labute approximate surface area is 64.2 Å². The quantitative estimate of drug-likeness (QED) is 0.531. The molecule has 1 heteroatoms. The smallest absolute Gasteiger partial charge is 0.0135 e. The molecule has 0 aromatic heterocycles.